The number of aromatic hydroxyl groups is 1. The topological polar surface area (TPSA) is 68.4 Å². The smallest absolute Gasteiger partial charge is 0.251 e. The molecule has 1 amide bonds. The quantitative estimate of drug-likeness (QED) is 0.300. The summed E-state index contributed by atoms with van der Waals surface area (Å²) in [7, 11) is 0. The molecule has 0 unspecified atom stereocenters. The Hall–Kier alpha value is -3.57. The van der Waals surface area contributed by atoms with E-state index in [2.05, 4.69) is 45.5 Å². The van der Waals surface area contributed by atoms with Crippen molar-refractivity contribution in [3.63, 3.8) is 0 Å². The van der Waals surface area contributed by atoms with Gasteiger partial charge in [0.2, 0.25) is 0 Å². The number of benzene rings is 3. The SMILES string of the molecule is Cc1c(O)ccc2[nH]c3c(c12)CCN(Cc1ccccc1C(=O)NCCCCc1ccccc1)C3. The highest BCUT2D eigenvalue weighted by molar-refractivity contribution is 5.95. The molecule has 5 rings (SSSR count). The standard InChI is InChI=1S/C30H33N3O2/c1-21-28(34)15-14-26-29(21)25-16-18-33(20-27(25)32-26)19-23-12-5-6-13-24(23)30(35)31-17-8-7-11-22-9-3-2-4-10-22/h2-6,9-10,12-15,32,34H,7-8,11,16-20H2,1H3,(H,31,35). The minimum Gasteiger partial charge on any atom is -0.508 e. The van der Waals surface area contributed by atoms with Crippen LogP contribution in [0.5, 0.6) is 5.75 Å². The third kappa shape index (κ3) is 5.10. The minimum atomic E-state index is 0.00900. The Morgan fingerprint density at radius 1 is 1.03 bits per heavy atom. The number of carbonyl (C=O) groups is 1. The molecule has 1 aromatic heterocycles. The third-order valence-corrected chi connectivity index (χ3v) is 7.12. The predicted octanol–water partition coefficient (Wildman–Crippen LogP) is 5.49. The van der Waals surface area contributed by atoms with Crippen LogP contribution >= 0.6 is 0 Å². The second kappa shape index (κ2) is 10.4. The number of aromatic nitrogens is 1. The molecule has 1 aliphatic rings. The van der Waals surface area contributed by atoms with Gasteiger partial charge in [-0.05, 0) is 67.5 Å². The summed E-state index contributed by atoms with van der Waals surface area (Å²) < 4.78 is 0. The molecule has 0 radical (unpaired) electrons. The van der Waals surface area contributed by atoms with Crippen molar-refractivity contribution in [2.24, 2.45) is 0 Å². The summed E-state index contributed by atoms with van der Waals surface area (Å²) in [6.45, 7) is 5.13. The summed E-state index contributed by atoms with van der Waals surface area (Å²) >= 11 is 0. The molecule has 2 heterocycles. The van der Waals surface area contributed by atoms with Crippen LogP contribution in [0.4, 0.5) is 0 Å². The number of nitrogens with one attached hydrogen (secondary N) is 2. The van der Waals surface area contributed by atoms with Crippen molar-refractivity contribution in [1.29, 1.82) is 0 Å². The van der Waals surface area contributed by atoms with E-state index in [1.54, 1.807) is 6.07 Å². The van der Waals surface area contributed by atoms with E-state index in [-0.39, 0.29) is 5.91 Å². The molecule has 0 atom stereocenters. The summed E-state index contributed by atoms with van der Waals surface area (Å²) in [5.74, 6) is 0.358. The van der Waals surface area contributed by atoms with Crippen molar-refractivity contribution < 1.29 is 9.90 Å². The molecule has 0 saturated heterocycles. The maximum atomic E-state index is 13.0. The van der Waals surface area contributed by atoms with Crippen molar-refractivity contribution >= 4 is 16.8 Å². The van der Waals surface area contributed by atoms with Crippen molar-refractivity contribution in [2.75, 3.05) is 13.1 Å². The zero-order valence-corrected chi connectivity index (χ0v) is 20.3. The van der Waals surface area contributed by atoms with Gasteiger partial charge in [-0.3, -0.25) is 9.69 Å². The van der Waals surface area contributed by atoms with Gasteiger partial charge in [0.05, 0.1) is 0 Å². The summed E-state index contributed by atoms with van der Waals surface area (Å²) in [6.07, 6.45) is 3.99. The number of carbonyl (C=O) groups excluding carboxylic acids is 1. The molecular weight excluding hydrogens is 434 g/mol. The van der Waals surface area contributed by atoms with Gasteiger partial charge in [0.15, 0.2) is 0 Å². The fraction of sp³-hybridized carbons (Fsp3) is 0.300. The molecule has 5 nitrogen and oxygen atoms in total. The zero-order chi connectivity index (χ0) is 24.2. The number of amides is 1. The van der Waals surface area contributed by atoms with Crippen molar-refractivity contribution in [3.8, 4) is 5.75 Å². The van der Waals surface area contributed by atoms with E-state index >= 15 is 0 Å². The lowest BCUT2D eigenvalue weighted by atomic mass is 9.99. The lowest BCUT2D eigenvalue weighted by Gasteiger charge is -2.27. The fourth-order valence-corrected chi connectivity index (χ4v) is 5.22. The molecule has 3 aromatic carbocycles. The van der Waals surface area contributed by atoms with E-state index in [1.165, 1.54) is 16.8 Å². The van der Waals surface area contributed by atoms with Gasteiger partial charge < -0.3 is 15.4 Å². The van der Waals surface area contributed by atoms with Gasteiger partial charge in [-0.15, -0.1) is 0 Å². The van der Waals surface area contributed by atoms with E-state index in [9.17, 15) is 9.90 Å². The Kier molecular flexibility index (Phi) is 6.87. The molecule has 1 aliphatic heterocycles. The number of hydrogen-bond acceptors (Lipinski definition) is 3. The van der Waals surface area contributed by atoms with Crippen molar-refractivity contribution in [1.82, 2.24) is 15.2 Å². The Labute approximate surface area is 206 Å². The van der Waals surface area contributed by atoms with E-state index in [4.69, 9.17) is 0 Å². The number of nitrogens with zero attached hydrogens (tertiary/aromatic N) is 1. The Morgan fingerprint density at radius 2 is 1.83 bits per heavy atom. The number of phenolic OH excluding ortho intramolecular Hbond substituents is 1. The van der Waals surface area contributed by atoms with E-state index in [0.717, 1.165) is 72.9 Å². The summed E-state index contributed by atoms with van der Waals surface area (Å²) in [6, 6.07) is 22.1. The fourth-order valence-electron chi connectivity index (χ4n) is 5.22. The van der Waals surface area contributed by atoms with Gasteiger partial charge in [0.1, 0.15) is 5.75 Å². The highest BCUT2D eigenvalue weighted by Gasteiger charge is 2.23. The molecular formula is C30H33N3O2. The third-order valence-electron chi connectivity index (χ3n) is 7.12. The van der Waals surface area contributed by atoms with E-state index in [0.29, 0.717) is 12.3 Å². The second-order valence-electron chi connectivity index (χ2n) is 9.53. The Balaban J connectivity index is 1.20. The monoisotopic (exact) mass is 467 g/mol. The van der Waals surface area contributed by atoms with Crippen LogP contribution in [0.15, 0.2) is 66.7 Å². The molecule has 5 heteroatoms. The van der Waals surface area contributed by atoms with Crippen molar-refractivity contribution in [3.05, 3.63) is 100 Å². The van der Waals surface area contributed by atoms with Gasteiger partial charge in [-0.25, -0.2) is 0 Å². The van der Waals surface area contributed by atoms with Crippen LogP contribution in [0.3, 0.4) is 0 Å². The van der Waals surface area contributed by atoms with E-state index in [1.807, 2.05) is 37.3 Å². The molecule has 180 valence electrons. The van der Waals surface area contributed by atoms with Crippen LogP contribution < -0.4 is 5.32 Å². The van der Waals surface area contributed by atoms with Crippen LogP contribution in [0.2, 0.25) is 0 Å². The number of H-pyrrole nitrogens is 1. The van der Waals surface area contributed by atoms with Gasteiger partial charge in [0.25, 0.3) is 5.91 Å². The maximum Gasteiger partial charge on any atom is 0.251 e. The second-order valence-corrected chi connectivity index (χ2v) is 9.53. The average Bonchev–Trinajstić information content (AvgIpc) is 3.25. The molecule has 0 spiro atoms. The predicted molar refractivity (Wildman–Crippen MR) is 141 cm³/mol. The Bertz CT molecular complexity index is 1330. The highest BCUT2D eigenvalue weighted by Crippen LogP contribution is 2.34. The van der Waals surface area contributed by atoms with Crippen LogP contribution in [-0.2, 0) is 25.9 Å². The summed E-state index contributed by atoms with van der Waals surface area (Å²) in [4.78, 5) is 18.9. The average molecular weight is 468 g/mol. The lowest BCUT2D eigenvalue weighted by Crippen LogP contribution is -2.31. The first kappa shape index (κ1) is 23.2. The molecule has 35 heavy (non-hydrogen) atoms. The number of hydrogen-bond donors (Lipinski definition) is 3. The number of rotatable bonds is 8. The molecule has 0 aliphatic carbocycles. The number of phenols is 1. The molecule has 0 fully saturated rings. The minimum absolute atomic E-state index is 0.00900. The molecule has 3 N–H and O–H groups in total. The van der Waals surface area contributed by atoms with Crippen molar-refractivity contribution in [2.45, 2.75) is 45.7 Å². The van der Waals surface area contributed by atoms with E-state index < -0.39 is 0 Å². The summed E-state index contributed by atoms with van der Waals surface area (Å²) in [5, 5.41) is 14.4. The van der Waals surface area contributed by atoms with Gasteiger partial charge in [-0.2, -0.15) is 0 Å². The van der Waals surface area contributed by atoms with Crippen LogP contribution in [0.1, 0.15) is 51.1 Å². The molecule has 0 saturated carbocycles. The number of aryl methyl sites for hydroxylation is 2. The number of unbranched alkanes of at least 4 members (excludes halogenated alkanes) is 1. The number of fused-ring (bicyclic) bond motifs is 3. The van der Waals surface area contributed by atoms with Crippen LogP contribution in [0, 0.1) is 6.92 Å². The first-order valence-corrected chi connectivity index (χ1v) is 12.5. The molecule has 4 aromatic rings. The lowest BCUT2D eigenvalue weighted by molar-refractivity contribution is 0.0950. The highest BCUT2D eigenvalue weighted by atomic mass is 16.3. The normalized spacial score (nSPS) is 13.6. The zero-order valence-electron chi connectivity index (χ0n) is 20.3. The summed E-state index contributed by atoms with van der Waals surface area (Å²) in [5.41, 5.74) is 7.71. The number of aromatic amines is 1. The maximum absolute atomic E-state index is 13.0. The first-order valence-electron chi connectivity index (χ1n) is 12.5. The molecule has 0 bridgehead atoms. The Morgan fingerprint density at radius 3 is 2.69 bits per heavy atom. The first-order chi connectivity index (χ1) is 17.1. The van der Waals surface area contributed by atoms with Gasteiger partial charge in [0, 0.05) is 53.9 Å². The van der Waals surface area contributed by atoms with Crippen LogP contribution in [-0.4, -0.2) is 34.0 Å². The van der Waals surface area contributed by atoms with Crippen LogP contribution in [0.25, 0.3) is 10.9 Å². The largest absolute Gasteiger partial charge is 0.508 e. The van der Waals surface area contributed by atoms with Gasteiger partial charge >= 0.3 is 0 Å². The van der Waals surface area contributed by atoms with Gasteiger partial charge in [-0.1, -0.05) is 48.5 Å².